The molecule has 0 spiro atoms. The molecule has 3 rings (SSSR count). The van der Waals surface area contributed by atoms with Gasteiger partial charge in [0.15, 0.2) is 5.82 Å². The van der Waals surface area contributed by atoms with Crippen LogP contribution < -0.4 is 10.2 Å². The highest BCUT2D eigenvalue weighted by atomic mass is 35.5. The van der Waals surface area contributed by atoms with Gasteiger partial charge in [0.25, 0.3) is 0 Å². The average molecular weight is 281 g/mol. The molecule has 0 amide bonds. The Morgan fingerprint density at radius 2 is 2.39 bits per heavy atom. The van der Waals surface area contributed by atoms with Crippen LogP contribution in [0.2, 0.25) is 5.02 Å². The normalized spacial score (nSPS) is 14.4. The quantitative estimate of drug-likeness (QED) is 0.918. The zero-order valence-corrected chi connectivity index (χ0v) is 11.6. The van der Waals surface area contributed by atoms with Crippen LogP contribution in [0.4, 0.5) is 11.8 Å². The van der Waals surface area contributed by atoms with Gasteiger partial charge in [0, 0.05) is 25.0 Å². The number of halogens is 1. The van der Waals surface area contributed by atoms with Crippen LogP contribution in [0.1, 0.15) is 10.4 Å². The van der Waals surface area contributed by atoms with Crippen molar-refractivity contribution in [3.8, 4) is 0 Å². The number of nitrogens with one attached hydrogen (secondary N) is 1. The lowest BCUT2D eigenvalue weighted by molar-refractivity contribution is 0.731. The maximum atomic E-state index is 6.20. The number of aromatic nitrogens is 2. The first-order valence-electron chi connectivity index (χ1n) is 5.78. The van der Waals surface area contributed by atoms with E-state index in [1.54, 1.807) is 13.2 Å². The second-order valence-electron chi connectivity index (χ2n) is 4.16. The minimum Gasteiger partial charge on any atom is -0.357 e. The van der Waals surface area contributed by atoms with Gasteiger partial charge in [-0.1, -0.05) is 11.6 Å². The van der Waals surface area contributed by atoms with Crippen molar-refractivity contribution >= 4 is 34.7 Å². The van der Waals surface area contributed by atoms with E-state index in [0.717, 1.165) is 25.3 Å². The Hall–Kier alpha value is -1.33. The highest BCUT2D eigenvalue weighted by Crippen LogP contribution is 2.30. The molecule has 0 saturated heterocycles. The van der Waals surface area contributed by atoms with E-state index in [2.05, 4.69) is 31.6 Å². The lowest BCUT2D eigenvalue weighted by atomic mass is 10.1. The topological polar surface area (TPSA) is 41.1 Å². The van der Waals surface area contributed by atoms with Gasteiger partial charge >= 0.3 is 0 Å². The van der Waals surface area contributed by atoms with Gasteiger partial charge in [-0.25, -0.2) is 4.98 Å². The summed E-state index contributed by atoms with van der Waals surface area (Å²) < 4.78 is 0. The van der Waals surface area contributed by atoms with E-state index >= 15 is 0 Å². The first kappa shape index (κ1) is 11.7. The van der Waals surface area contributed by atoms with Crippen LogP contribution in [0.15, 0.2) is 17.6 Å². The van der Waals surface area contributed by atoms with E-state index < -0.39 is 0 Å². The van der Waals surface area contributed by atoms with Crippen molar-refractivity contribution in [1.82, 2.24) is 9.97 Å². The lowest BCUT2D eigenvalue weighted by Gasteiger charge is -2.28. The number of rotatable bonds is 2. The van der Waals surface area contributed by atoms with E-state index in [1.165, 1.54) is 10.4 Å². The Balaban J connectivity index is 1.92. The van der Waals surface area contributed by atoms with Gasteiger partial charge in [0.2, 0.25) is 5.95 Å². The summed E-state index contributed by atoms with van der Waals surface area (Å²) in [6.07, 6.45) is 2.71. The first-order valence-corrected chi connectivity index (χ1v) is 7.04. The fourth-order valence-electron chi connectivity index (χ4n) is 2.13. The predicted molar refractivity (Wildman–Crippen MR) is 75.7 cm³/mol. The second-order valence-corrected chi connectivity index (χ2v) is 5.56. The van der Waals surface area contributed by atoms with E-state index in [0.29, 0.717) is 11.0 Å². The number of anilines is 2. The number of thiophene rings is 1. The minimum absolute atomic E-state index is 0.602. The summed E-state index contributed by atoms with van der Waals surface area (Å²) in [5, 5.41) is 5.69. The molecule has 0 atom stereocenters. The number of hydrogen-bond acceptors (Lipinski definition) is 5. The Morgan fingerprint density at radius 3 is 3.22 bits per heavy atom. The minimum atomic E-state index is 0.602. The molecule has 0 aromatic carbocycles. The molecule has 1 N–H and O–H groups in total. The highest BCUT2D eigenvalue weighted by Gasteiger charge is 2.20. The standard InChI is InChI=1S/C12H13ClN4S/c1-14-12-15-6-9(13)11(16-12)17-4-2-10-8(7-17)3-5-18-10/h3,5-6H,2,4,7H2,1H3,(H,14,15,16). The monoisotopic (exact) mass is 280 g/mol. The summed E-state index contributed by atoms with van der Waals surface area (Å²) in [5.41, 5.74) is 1.38. The number of hydrogen-bond donors (Lipinski definition) is 1. The fourth-order valence-corrected chi connectivity index (χ4v) is 3.23. The fraction of sp³-hybridized carbons (Fsp3) is 0.333. The van der Waals surface area contributed by atoms with Crippen molar-refractivity contribution in [1.29, 1.82) is 0 Å². The Kier molecular flexibility index (Phi) is 3.09. The summed E-state index contributed by atoms with van der Waals surface area (Å²) in [5.74, 6) is 1.42. The molecule has 0 aliphatic carbocycles. The molecule has 2 aromatic rings. The molecule has 6 heteroatoms. The molecule has 4 nitrogen and oxygen atoms in total. The molecule has 1 aliphatic heterocycles. The lowest BCUT2D eigenvalue weighted by Crippen LogP contribution is -2.30. The average Bonchev–Trinajstić information content (AvgIpc) is 2.86. The molecule has 18 heavy (non-hydrogen) atoms. The van der Waals surface area contributed by atoms with Crippen LogP contribution in [0, 0.1) is 0 Å². The van der Waals surface area contributed by atoms with Crippen molar-refractivity contribution in [3.05, 3.63) is 33.1 Å². The Bertz CT molecular complexity index is 569. The molecule has 0 saturated carbocycles. The first-order chi connectivity index (χ1) is 8.78. The molecule has 1 aliphatic rings. The smallest absolute Gasteiger partial charge is 0.224 e. The van der Waals surface area contributed by atoms with Gasteiger partial charge in [-0.05, 0) is 23.4 Å². The van der Waals surface area contributed by atoms with Crippen LogP contribution in [0.25, 0.3) is 0 Å². The van der Waals surface area contributed by atoms with Crippen LogP contribution in [-0.2, 0) is 13.0 Å². The molecule has 0 bridgehead atoms. The van der Waals surface area contributed by atoms with E-state index in [9.17, 15) is 0 Å². The summed E-state index contributed by atoms with van der Waals surface area (Å²) in [4.78, 5) is 12.2. The second kappa shape index (κ2) is 4.74. The van der Waals surface area contributed by atoms with Crippen LogP contribution in [0.5, 0.6) is 0 Å². The molecule has 2 aromatic heterocycles. The van der Waals surface area contributed by atoms with Crippen molar-refractivity contribution in [3.63, 3.8) is 0 Å². The molecular formula is C12H13ClN4S. The Labute approximate surface area is 115 Å². The third-order valence-electron chi connectivity index (χ3n) is 3.06. The van der Waals surface area contributed by atoms with Crippen molar-refractivity contribution in [2.75, 3.05) is 23.8 Å². The summed E-state index contributed by atoms with van der Waals surface area (Å²) in [6.45, 7) is 1.83. The Morgan fingerprint density at radius 1 is 1.50 bits per heavy atom. The predicted octanol–water partition coefficient (Wildman–Crippen LogP) is 2.80. The van der Waals surface area contributed by atoms with Gasteiger partial charge in [0.1, 0.15) is 5.02 Å². The van der Waals surface area contributed by atoms with Crippen LogP contribution in [0.3, 0.4) is 0 Å². The largest absolute Gasteiger partial charge is 0.357 e. The van der Waals surface area contributed by atoms with Crippen LogP contribution in [-0.4, -0.2) is 23.6 Å². The van der Waals surface area contributed by atoms with Crippen molar-refractivity contribution in [2.24, 2.45) is 0 Å². The van der Waals surface area contributed by atoms with E-state index in [-0.39, 0.29) is 0 Å². The number of nitrogens with zero attached hydrogens (tertiary/aromatic N) is 3. The molecule has 3 heterocycles. The highest BCUT2D eigenvalue weighted by molar-refractivity contribution is 7.10. The zero-order valence-electron chi connectivity index (χ0n) is 9.98. The van der Waals surface area contributed by atoms with Gasteiger partial charge < -0.3 is 10.2 Å². The van der Waals surface area contributed by atoms with E-state index in [4.69, 9.17) is 11.6 Å². The summed E-state index contributed by atoms with van der Waals surface area (Å²) in [6, 6.07) is 2.18. The maximum Gasteiger partial charge on any atom is 0.224 e. The zero-order chi connectivity index (χ0) is 12.5. The molecule has 0 fully saturated rings. The third-order valence-corrected chi connectivity index (χ3v) is 4.35. The van der Waals surface area contributed by atoms with Gasteiger partial charge in [-0.15, -0.1) is 11.3 Å². The van der Waals surface area contributed by atoms with Gasteiger partial charge in [-0.3, -0.25) is 0 Å². The summed E-state index contributed by atoms with van der Waals surface area (Å²) >= 11 is 8.03. The van der Waals surface area contributed by atoms with Gasteiger partial charge in [0.05, 0.1) is 6.20 Å². The summed E-state index contributed by atoms with van der Waals surface area (Å²) in [7, 11) is 1.81. The van der Waals surface area contributed by atoms with Gasteiger partial charge in [-0.2, -0.15) is 4.98 Å². The molecular weight excluding hydrogens is 268 g/mol. The van der Waals surface area contributed by atoms with Crippen molar-refractivity contribution < 1.29 is 0 Å². The molecule has 0 radical (unpaired) electrons. The third kappa shape index (κ3) is 2.04. The number of fused-ring (bicyclic) bond motifs is 1. The maximum absolute atomic E-state index is 6.20. The molecule has 94 valence electrons. The molecule has 0 unspecified atom stereocenters. The van der Waals surface area contributed by atoms with Crippen molar-refractivity contribution in [2.45, 2.75) is 13.0 Å². The van der Waals surface area contributed by atoms with E-state index in [1.807, 2.05) is 11.3 Å². The van der Waals surface area contributed by atoms with Crippen LogP contribution >= 0.6 is 22.9 Å². The SMILES string of the molecule is CNc1ncc(Cl)c(N2CCc3sccc3C2)n1.